The molecule has 2 aromatic rings. The van der Waals surface area contributed by atoms with E-state index in [2.05, 4.69) is 15.1 Å². The van der Waals surface area contributed by atoms with Gasteiger partial charge in [-0.15, -0.1) is 5.10 Å². The fraction of sp³-hybridized carbons (Fsp3) is 0.400. The van der Waals surface area contributed by atoms with Crippen LogP contribution in [0.25, 0.3) is 5.78 Å². The van der Waals surface area contributed by atoms with Gasteiger partial charge >= 0.3 is 0 Å². The molecule has 16 heavy (non-hydrogen) atoms. The largest absolute Gasteiger partial charge is 0.388 e. The van der Waals surface area contributed by atoms with Crippen LogP contribution in [0.5, 0.6) is 0 Å². The summed E-state index contributed by atoms with van der Waals surface area (Å²) in [5.74, 6) is 0.658. The summed E-state index contributed by atoms with van der Waals surface area (Å²) in [7, 11) is 0. The molecule has 1 N–H and O–H groups in total. The molecule has 84 valence electrons. The van der Waals surface area contributed by atoms with E-state index in [1.807, 2.05) is 0 Å². The van der Waals surface area contributed by atoms with Crippen molar-refractivity contribution in [2.75, 3.05) is 0 Å². The van der Waals surface area contributed by atoms with Crippen molar-refractivity contribution < 1.29 is 9.90 Å². The molecular formula is C10H12N4O2. The molecule has 0 aliphatic carbocycles. The Kier molecular flexibility index (Phi) is 2.43. The molecule has 0 unspecified atom stereocenters. The summed E-state index contributed by atoms with van der Waals surface area (Å²) >= 11 is 0. The van der Waals surface area contributed by atoms with Gasteiger partial charge in [0.1, 0.15) is 6.61 Å². The SMILES string of the molecule is CC(=O)c1c(C)nc2nc(CO)nn2c1C. The number of Topliss-reactive ketones (excluding diaryl/α,β-unsaturated/α-hetero) is 1. The Labute approximate surface area is 92.0 Å². The van der Waals surface area contributed by atoms with Gasteiger partial charge in [-0.25, -0.2) is 9.50 Å². The molecule has 6 heteroatoms. The molecule has 0 amide bonds. The van der Waals surface area contributed by atoms with E-state index in [1.165, 1.54) is 11.4 Å². The van der Waals surface area contributed by atoms with Gasteiger partial charge in [0.25, 0.3) is 5.78 Å². The van der Waals surface area contributed by atoms with Gasteiger partial charge in [-0.1, -0.05) is 0 Å². The third kappa shape index (κ3) is 1.47. The van der Waals surface area contributed by atoms with Gasteiger partial charge in [-0.05, 0) is 20.8 Å². The maximum absolute atomic E-state index is 11.5. The van der Waals surface area contributed by atoms with Crippen molar-refractivity contribution in [2.45, 2.75) is 27.4 Å². The highest BCUT2D eigenvalue weighted by molar-refractivity contribution is 5.96. The number of aliphatic hydroxyl groups excluding tert-OH is 1. The standard InChI is InChI=1S/C10H12N4O2/c1-5-9(7(3)16)6(2)14-10(11-5)12-8(4-15)13-14/h15H,4H2,1-3H3. The van der Waals surface area contributed by atoms with Crippen LogP contribution in [-0.2, 0) is 6.61 Å². The highest BCUT2D eigenvalue weighted by Gasteiger charge is 2.15. The van der Waals surface area contributed by atoms with Gasteiger partial charge in [-0.2, -0.15) is 4.98 Å². The minimum Gasteiger partial charge on any atom is -0.388 e. The van der Waals surface area contributed by atoms with E-state index >= 15 is 0 Å². The first-order chi connectivity index (χ1) is 7.54. The van der Waals surface area contributed by atoms with E-state index in [0.717, 1.165) is 0 Å². The summed E-state index contributed by atoms with van der Waals surface area (Å²) in [6.07, 6.45) is 0. The lowest BCUT2D eigenvalue weighted by atomic mass is 10.1. The minimum atomic E-state index is -0.239. The monoisotopic (exact) mass is 220 g/mol. The van der Waals surface area contributed by atoms with Crippen LogP contribution in [0.2, 0.25) is 0 Å². The van der Waals surface area contributed by atoms with Gasteiger partial charge in [-0.3, -0.25) is 4.79 Å². The molecule has 2 aromatic heterocycles. The number of carbonyl (C=O) groups is 1. The average Bonchev–Trinajstić information content (AvgIpc) is 2.60. The molecule has 0 aliphatic heterocycles. The number of hydrogen-bond donors (Lipinski definition) is 1. The van der Waals surface area contributed by atoms with Gasteiger partial charge in [0.05, 0.1) is 17.0 Å². The molecule has 2 rings (SSSR count). The van der Waals surface area contributed by atoms with Gasteiger partial charge in [0.15, 0.2) is 11.6 Å². The minimum absolute atomic E-state index is 0.0505. The Morgan fingerprint density at radius 1 is 1.38 bits per heavy atom. The van der Waals surface area contributed by atoms with Crippen LogP contribution in [0.15, 0.2) is 0 Å². The quantitative estimate of drug-likeness (QED) is 0.742. The molecule has 0 bridgehead atoms. The predicted molar refractivity (Wildman–Crippen MR) is 56.2 cm³/mol. The topological polar surface area (TPSA) is 80.4 Å². The zero-order valence-corrected chi connectivity index (χ0v) is 9.35. The second-order valence-electron chi connectivity index (χ2n) is 3.61. The first kappa shape index (κ1) is 10.7. The Balaban J connectivity index is 2.81. The molecule has 0 atom stereocenters. The van der Waals surface area contributed by atoms with E-state index in [-0.39, 0.29) is 12.4 Å². The van der Waals surface area contributed by atoms with Crippen LogP contribution < -0.4 is 0 Å². The van der Waals surface area contributed by atoms with Crippen LogP contribution in [0, 0.1) is 13.8 Å². The fourth-order valence-electron chi connectivity index (χ4n) is 1.79. The molecule has 6 nitrogen and oxygen atoms in total. The van der Waals surface area contributed by atoms with Gasteiger partial charge in [0, 0.05) is 0 Å². The molecule has 2 heterocycles. The van der Waals surface area contributed by atoms with Gasteiger partial charge < -0.3 is 5.11 Å². The van der Waals surface area contributed by atoms with Crippen LogP contribution in [0.1, 0.15) is 34.5 Å². The fourth-order valence-corrected chi connectivity index (χ4v) is 1.79. The summed E-state index contributed by atoms with van der Waals surface area (Å²) in [6, 6.07) is 0. The second kappa shape index (κ2) is 3.64. The molecular weight excluding hydrogens is 208 g/mol. The molecule has 0 radical (unpaired) electrons. The average molecular weight is 220 g/mol. The number of aliphatic hydroxyl groups is 1. The normalized spacial score (nSPS) is 11.0. The van der Waals surface area contributed by atoms with Crippen molar-refractivity contribution in [3.05, 3.63) is 22.8 Å². The number of aromatic nitrogens is 4. The number of fused-ring (bicyclic) bond motifs is 1. The number of nitrogens with zero attached hydrogens (tertiary/aromatic N) is 4. The lowest BCUT2D eigenvalue weighted by Crippen LogP contribution is -2.09. The molecule has 0 spiro atoms. The van der Waals surface area contributed by atoms with Crippen molar-refractivity contribution in [1.82, 2.24) is 19.6 Å². The van der Waals surface area contributed by atoms with E-state index in [1.54, 1.807) is 13.8 Å². The summed E-state index contributed by atoms with van der Waals surface area (Å²) in [5.41, 5.74) is 1.89. The van der Waals surface area contributed by atoms with Gasteiger partial charge in [0.2, 0.25) is 0 Å². The highest BCUT2D eigenvalue weighted by atomic mass is 16.3. The number of hydrogen-bond acceptors (Lipinski definition) is 5. The molecule has 0 fully saturated rings. The van der Waals surface area contributed by atoms with Crippen molar-refractivity contribution in [1.29, 1.82) is 0 Å². The molecule has 0 saturated carbocycles. The van der Waals surface area contributed by atoms with E-state index in [9.17, 15) is 4.79 Å². The van der Waals surface area contributed by atoms with E-state index < -0.39 is 0 Å². The number of carbonyl (C=O) groups excluding carboxylic acids is 1. The summed E-state index contributed by atoms with van der Waals surface area (Å²) in [6.45, 7) is 4.80. The van der Waals surface area contributed by atoms with Crippen molar-refractivity contribution in [3.8, 4) is 0 Å². The maximum atomic E-state index is 11.5. The zero-order valence-electron chi connectivity index (χ0n) is 9.35. The maximum Gasteiger partial charge on any atom is 0.252 e. The van der Waals surface area contributed by atoms with Crippen molar-refractivity contribution in [3.63, 3.8) is 0 Å². The molecule has 0 saturated heterocycles. The summed E-state index contributed by atoms with van der Waals surface area (Å²) < 4.78 is 1.48. The highest BCUT2D eigenvalue weighted by Crippen LogP contribution is 2.14. The summed E-state index contributed by atoms with van der Waals surface area (Å²) in [4.78, 5) is 19.7. The second-order valence-corrected chi connectivity index (χ2v) is 3.61. The third-order valence-corrected chi connectivity index (χ3v) is 2.44. The smallest absolute Gasteiger partial charge is 0.252 e. The molecule has 0 aliphatic rings. The van der Waals surface area contributed by atoms with Crippen LogP contribution in [-0.4, -0.2) is 30.5 Å². The van der Waals surface area contributed by atoms with Crippen molar-refractivity contribution >= 4 is 11.6 Å². The van der Waals surface area contributed by atoms with Crippen LogP contribution >= 0.6 is 0 Å². The van der Waals surface area contributed by atoms with Crippen LogP contribution in [0.3, 0.4) is 0 Å². The Morgan fingerprint density at radius 3 is 2.62 bits per heavy atom. The van der Waals surface area contributed by atoms with E-state index in [0.29, 0.717) is 28.6 Å². The lowest BCUT2D eigenvalue weighted by Gasteiger charge is -2.06. The Hall–Kier alpha value is -1.82. The Morgan fingerprint density at radius 2 is 2.06 bits per heavy atom. The number of ketones is 1. The number of rotatable bonds is 2. The molecule has 0 aromatic carbocycles. The Bertz CT molecular complexity index is 574. The van der Waals surface area contributed by atoms with E-state index in [4.69, 9.17) is 5.11 Å². The first-order valence-electron chi connectivity index (χ1n) is 4.89. The van der Waals surface area contributed by atoms with Crippen LogP contribution in [0.4, 0.5) is 0 Å². The predicted octanol–water partition coefficient (Wildman–Crippen LogP) is 0.436. The first-order valence-corrected chi connectivity index (χ1v) is 4.89. The third-order valence-electron chi connectivity index (χ3n) is 2.44. The number of aryl methyl sites for hydroxylation is 2. The van der Waals surface area contributed by atoms with Crippen molar-refractivity contribution in [2.24, 2.45) is 0 Å². The summed E-state index contributed by atoms with van der Waals surface area (Å²) in [5, 5.41) is 13.0. The zero-order chi connectivity index (χ0) is 11.9. The lowest BCUT2D eigenvalue weighted by molar-refractivity contribution is 0.101.